The van der Waals surface area contributed by atoms with E-state index in [4.69, 9.17) is 4.74 Å². The van der Waals surface area contributed by atoms with Gasteiger partial charge in [-0.15, -0.1) is 0 Å². The molecule has 150 valence electrons. The van der Waals surface area contributed by atoms with Crippen LogP contribution in [0.2, 0.25) is 0 Å². The molecule has 3 heteroatoms. The maximum atomic E-state index is 15.1. The molecule has 2 nitrogen and oxygen atoms in total. The molecular weight excluding hydrogens is 363 g/mol. The lowest BCUT2D eigenvalue weighted by Gasteiger charge is -2.39. The van der Waals surface area contributed by atoms with Gasteiger partial charge in [0.2, 0.25) is 0 Å². The van der Waals surface area contributed by atoms with Crippen LogP contribution in [0.15, 0.2) is 48.5 Å². The monoisotopic (exact) mass is 396 g/mol. The minimum absolute atomic E-state index is 0.361. The van der Waals surface area contributed by atoms with Gasteiger partial charge in [0.25, 0.3) is 0 Å². The molecule has 0 amide bonds. The van der Waals surface area contributed by atoms with Gasteiger partial charge in [-0.2, -0.15) is 0 Å². The quantitative estimate of drug-likeness (QED) is 0.508. The van der Waals surface area contributed by atoms with Gasteiger partial charge in [-0.25, -0.2) is 0 Å². The van der Waals surface area contributed by atoms with Crippen LogP contribution in [0, 0.1) is 0 Å². The largest absolute Gasteiger partial charge is 0.496 e. The highest BCUT2D eigenvalue weighted by Gasteiger charge is 2.43. The molecule has 2 aliphatic rings. The van der Waals surface area contributed by atoms with Gasteiger partial charge in [0.15, 0.2) is 0 Å². The zero-order valence-corrected chi connectivity index (χ0v) is 18.0. The summed E-state index contributed by atoms with van der Waals surface area (Å²) in [7, 11) is -0.786. The Bertz CT molecular complexity index is 810. The summed E-state index contributed by atoms with van der Waals surface area (Å²) in [6.45, 7) is 0. The smallest absolute Gasteiger partial charge is 0.126 e. The van der Waals surface area contributed by atoms with Crippen LogP contribution in [0.4, 0.5) is 0 Å². The van der Waals surface area contributed by atoms with Crippen LogP contribution in [0.25, 0.3) is 11.1 Å². The minimum Gasteiger partial charge on any atom is -0.496 e. The topological polar surface area (TPSA) is 26.3 Å². The number of para-hydroxylation sites is 1. The van der Waals surface area contributed by atoms with Crippen molar-refractivity contribution in [3.05, 3.63) is 48.5 Å². The first-order chi connectivity index (χ1) is 13.7. The highest BCUT2D eigenvalue weighted by molar-refractivity contribution is 7.73. The zero-order valence-electron chi connectivity index (χ0n) is 17.1. The number of hydrogen-bond donors (Lipinski definition) is 0. The van der Waals surface area contributed by atoms with E-state index in [2.05, 4.69) is 36.4 Å². The van der Waals surface area contributed by atoms with Crippen LogP contribution in [-0.4, -0.2) is 18.4 Å². The third-order valence-electron chi connectivity index (χ3n) is 6.91. The van der Waals surface area contributed by atoms with Crippen molar-refractivity contribution in [1.82, 2.24) is 0 Å². The van der Waals surface area contributed by atoms with Crippen molar-refractivity contribution in [2.24, 2.45) is 0 Å². The molecule has 0 heterocycles. The standard InChI is InChI=1S/C25H33O2P/c1-27-24-18-10-8-16-22(24)23-17-9-11-19-25(23)28(26,20-12-4-2-5-13-20)21-14-6-3-7-15-21/h8-11,16-21H,2-7,12-15H2,1H3. The molecule has 2 fully saturated rings. The lowest BCUT2D eigenvalue weighted by atomic mass is 9.99. The summed E-state index contributed by atoms with van der Waals surface area (Å²) in [6.07, 6.45) is 12.1. The molecule has 0 N–H and O–H groups in total. The molecule has 0 spiro atoms. The lowest BCUT2D eigenvalue weighted by Crippen LogP contribution is -2.30. The Hall–Kier alpha value is -1.53. The average Bonchev–Trinajstić information content (AvgIpc) is 2.79. The normalized spacial score (nSPS) is 19.5. The third-order valence-corrected chi connectivity index (χ3v) is 11.3. The maximum Gasteiger partial charge on any atom is 0.126 e. The maximum absolute atomic E-state index is 15.1. The van der Waals surface area contributed by atoms with Crippen LogP contribution in [-0.2, 0) is 4.57 Å². The zero-order chi connectivity index (χ0) is 19.4. The Morgan fingerprint density at radius 3 is 1.79 bits per heavy atom. The minimum atomic E-state index is -2.51. The Morgan fingerprint density at radius 1 is 0.714 bits per heavy atom. The van der Waals surface area contributed by atoms with Crippen LogP contribution in [0.3, 0.4) is 0 Å². The molecule has 2 aromatic carbocycles. The summed E-state index contributed by atoms with van der Waals surface area (Å²) in [6, 6.07) is 16.7. The summed E-state index contributed by atoms with van der Waals surface area (Å²) in [5, 5.41) is 1.12. The van der Waals surface area contributed by atoms with Gasteiger partial charge in [0.1, 0.15) is 12.9 Å². The van der Waals surface area contributed by atoms with Crippen LogP contribution in [0.5, 0.6) is 5.75 Å². The van der Waals surface area contributed by atoms with Gasteiger partial charge in [-0.05, 0) is 37.3 Å². The van der Waals surface area contributed by atoms with Crippen LogP contribution in [0.1, 0.15) is 64.2 Å². The molecule has 2 saturated carbocycles. The van der Waals surface area contributed by atoms with E-state index in [1.807, 2.05) is 12.1 Å². The second-order valence-electron chi connectivity index (χ2n) is 8.51. The van der Waals surface area contributed by atoms with E-state index in [0.29, 0.717) is 11.3 Å². The first kappa shape index (κ1) is 19.8. The lowest BCUT2D eigenvalue weighted by molar-refractivity contribution is 0.416. The Labute approximate surface area is 170 Å². The molecule has 0 atom stereocenters. The van der Waals surface area contributed by atoms with E-state index < -0.39 is 7.14 Å². The second kappa shape index (κ2) is 8.87. The van der Waals surface area contributed by atoms with Gasteiger partial charge in [0.05, 0.1) is 7.11 Å². The molecule has 2 aliphatic carbocycles. The fourth-order valence-corrected chi connectivity index (χ4v) is 10.0. The summed E-state index contributed by atoms with van der Waals surface area (Å²) < 4.78 is 20.7. The van der Waals surface area contributed by atoms with Crippen molar-refractivity contribution in [1.29, 1.82) is 0 Å². The van der Waals surface area contributed by atoms with E-state index in [-0.39, 0.29) is 0 Å². The summed E-state index contributed by atoms with van der Waals surface area (Å²) >= 11 is 0. The average molecular weight is 397 g/mol. The van der Waals surface area contributed by atoms with E-state index >= 15 is 4.57 Å². The van der Waals surface area contributed by atoms with Crippen molar-refractivity contribution >= 4 is 12.4 Å². The fourth-order valence-electron chi connectivity index (χ4n) is 5.49. The van der Waals surface area contributed by atoms with Crippen molar-refractivity contribution in [3.63, 3.8) is 0 Å². The molecule has 4 rings (SSSR count). The van der Waals surface area contributed by atoms with Gasteiger partial charge in [0, 0.05) is 22.2 Å². The highest BCUT2D eigenvalue weighted by atomic mass is 31.2. The molecule has 0 bridgehead atoms. The highest BCUT2D eigenvalue weighted by Crippen LogP contribution is 2.63. The number of methoxy groups -OCH3 is 1. The van der Waals surface area contributed by atoms with Crippen molar-refractivity contribution in [2.45, 2.75) is 75.5 Å². The third kappa shape index (κ3) is 3.69. The molecule has 0 radical (unpaired) electrons. The summed E-state index contributed by atoms with van der Waals surface area (Å²) in [5.74, 6) is 0.869. The molecule has 2 aromatic rings. The molecular formula is C25H33O2P. The van der Waals surface area contributed by atoms with E-state index in [0.717, 1.165) is 47.9 Å². The molecule has 28 heavy (non-hydrogen) atoms. The number of rotatable bonds is 5. The van der Waals surface area contributed by atoms with Crippen molar-refractivity contribution < 1.29 is 9.30 Å². The second-order valence-corrected chi connectivity index (χ2v) is 11.9. The van der Waals surface area contributed by atoms with E-state index in [1.165, 1.54) is 38.5 Å². The van der Waals surface area contributed by atoms with Crippen molar-refractivity contribution in [3.8, 4) is 16.9 Å². The number of hydrogen-bond acceptors (Lipinski definition) is 2. The van der Waals surface area contributed by atoms with E-state index in [9.17, 15) is 0 Å². The molecule has 0 unspecified atom stereocenters. The molecule has 0 aromatic heterocycles. The van der Waals surface area contributed by atoms with Gasteiger partial charge in [-0.3, -0.25) is 0 Å². The van der Waals surface area contributed by atoms with Crippen LogP contribution >= 0.6 is 7.14 Å². The summed E-state index contributed by atoms with van der Waals surface area (Å²) in [5.41, 5.74) is 2.92. The van der Waals surface area contributed by atoms with Crippen molar-refractivity contribution in [2.75, 3.05) is 7.11 Å². The summed E-state index contributed by atoms with van der Waals surface area (Å²) in [4.78, 5) is 0. The number of benzene rings is 2. The Morgan fingerprint density at radius 2 is 1.21 bits per heavy atom. The predicted molar refractivity (Wildman–Crippen MR) is 119 cm³/mol. The van der Waals surface area contributed by atoms with Gasteiger partial charge >= 0.3 is 0 Å². The molecule has 0 aliphatic heterocycles. The predicted octanol–water partition coefficient (Wildman–Crippen LogP) is 7.02. The van der Waals surface area contributed by atoms with Gasteiger partial charge in [-0.1, -0.05) is 81.0 Å². The Kier molecular flexibility index (Phi) is 6.26. The first-order valence-corrected chi connectivity index (χ1v) is 12.9. The SMILES string of the molecule is COc1ccccc1-c1ccccc1P(=O)(C1CCCCC1)C1CCCCC1. The first-order valence-electron chi connectivity index (χ1n) is 11.1. The Balaban J connectivity index is 1.86. The van der Waals surface area contributed by atoms with Gasteiger partial charge < -0.3 is 9.30 Å². The fraction of sp³-hybridized carbons (Fsp3) is 0.520. The molecule has 0 saturated heterocycles. The number of ether oxygens (including phenoxy) is 1. The van der Waals surface area contributed by atoms with Crippen LogP contribution < -0.4 is 10.0 Å². The van der Waals surface area contributed by atoms with E-state index in [1.54, 1.807) is 7.11 Å².